The zero-order valence-electron chi connectivity index (χ0n) is 17.5. The van der Waals surface area contributed by atoms with Gasteiger partial charge in [-0.2, -0.15) is 13.2 Å². The molecule has 5 nitrogen and oxygen atoms in total. The van der Waals surface area contributed by atoms with Crippen LogP contribution in [0, 0.1) is 11.6 Å². The van der Waals surface area contributed by atoms with Crippen molar-refractivity contribution in [2.45, 2.75) is 32.0 Å². The topological polar surface area (TPSA) is 72.3 Å². The minimum atomic E-state index is -4.68. The molecule has 0 fully saturated rings. The summed E-state index contributed by atoms with van der Waals surface area (Å²) in [5.74, 6) is -3.18. The van der Waals surface area contributed by atoms with Crippen LogP contribution in [0.4, 0.5) is 22.0 Å². The summed E-state index contributed by atoms with van der Waals surface area (Å²) in [6.45, 7) is -0.584. The second kappa shape index (κ2) is 9.20. The number of pyridine rings is 2. The smallest absolute Gasteiger partial charge is 0.417 e. The number of allylic oxidation sites excluding steroid dienone is 2. The van der Waals surface area contributed by atoms with Gasteiger partial charge in [0.05, 0.1) is 16.8 Å². The highest BCUT2D eigenvalue weighted by Gasteiger charge is 2.33. The van der Waals surface area contributed by atoms with E-state index >= 15 is 0 Å². The van der Waals surface area contributed by atoms with Crippen LogP contribution in [0.5, 0.6) is 5.88 Å². The third-order valence-electron chi connectivity index (χ3n) is 5.41. The first-order valence-electron chi connectivity index (χ1n) is 10.2. The highest BCUT2D eigenvalue weighted by Crippen LogP contribution is 2.43. The van der Waals surface area contributed by atoms with Crippen LogP contribution in [0.1, 0.15) is 52.1 Å². The molecule has 0 bridgehead atoms. The molecule has 10 heteroatoms. The number of carbonyl (C=O) groups is 1. The van der Waals surface area contributed by atoms with Crippen molar-refractivity contribution < 1.29 is 36.6 Å². The molecule has 0 saturated carbocycles. The zero-order chi connectivity index (χ0) is 24.5. The summed E-state index contributed by atoms with van der Waals surface area (Å²) in [6, 6.07) is 8.53. The maximum absolute atomic E-state index is 14.0. The number of alkyl halides is 3. The molecule has 0 radical (unpaired) electrons. The molecule has 1 aromatic carbocycles. The lowest BCUT2D eigenvalue weighted by molar-refractivity contribution is -0.137. The maximum Gasteiger partial charge on any atom is 0.417 e. The number of benzene rings is 1. The fraction of sp³-hybridized carbons (Fsp3) is 0.208. The molecule has 0 saturated heterocycles. The summed E-state index contributed by atoms with van der Waals surface area (Å²) in [5, 5.41) is 9.23. The number of halogens is 5. The Morgan fingerprint density at radius 3 is 2.38 bits per heavy atom. The van der Waals surface area contributed by atoms with Crippen LogP contribution < -0.4 is 4.74 Å². The van der Waals surface area contributed by atoms with Gasteiger partial charge >= 0.3 is 12.1 Å². The van der Waals surface area contributed by atoms with Crippen molar-refractivity contribution >= 4 is 17.1 Å². The van der Waals surface area contributed by atoms with E-state index in [4.69, 9.17) is 4.74 Å². The lowest BCUT2D eigenvalue weighted by atomic mass is 9.99. The molecular formula is C24H17F5N2O3. The fourth-order valence-electron chi connectivity index (χ4n) is 3.79. The van der Waals surface area contributed by atoms with E-state index in [-0.39, 0.29) is 22.7 Å². The molecule has 3 aromatic rings. The van der Waals surface area contributed by atoms with E-state index < -0.39 is 36.0 Å². The van der Waals surface area contributed by atoms with Crippen LogP contribution in [0.2, 0.25) is 0 Å². The minimum absolute atomic E-state index is 0.0154. The standard InChI is InChI=1S/C24H17F5N2O3/c25-18-6-2-7-19(26)17(18)12-34-22-16(10-13(11-30-22)24(27,28)29)14-4-1-5-15(14)20-8-3-9-21(31-20)23(32)33/h2-3,6-11H,1,4-5,12H2,(H,32,33). The van der Waals surface area contributed by atoms with Crippen LogP contribution in [0.3, 0.4) is 0 Å². The van der Waals surface area contributed by atoms with E-state index in [1.54, 1.807) is 6.07 Å². The van der Waals surface area contributed by atoms with Crippen molar-refractivity contribution in [3.8, 4) is 5.88 Å². The first-order valence-corrected chi connectivity index (χ1v) is 10.2. The fourth-order valence-corrected chi connectivity index (χ4v) is 3.79. The second-order valence-corrected chi connectivity index (χ2v) is 7.59. The first kappa shape index (κ1) is 23.3. The van der Waals surface area contributed by atoms with Crippen LogP contribution in [-0.4, -0.2) is 21.0 Å². The molecule has 0 amide bonds. The summed E-state index contributed by atoms with van der Waals surface area (Å²) < 4.78 is 73.8. The molecule has 1 aliphatic carbocycles. The monoisotopic (exact) mass is 476 g/mol. The van der Waals surface area contributed by atoms with Crippen LogP contribution >= 0.6 is 0 Å². The molecule has 2 heterocycles. The van der Waals surface area contributed by atoms with Gasteiger partial charge in [0.15, 0.2) is 0 Å². The largest absolute Gasteiger partial charge is 0.477 e. The normalized spacial score (nSPS) is 13.9. The summed E-state index contributed by atoms with van der Waals surface area (Å²) in [7, 11) is 0. The predicted molar refractivity (Wildman–Crippen MR) is 112 cm³/mol. The Hall–Kier alpha value is -3.82. The van der Waals surface area contributed by atoms with E-state index in [9.17, 15) is 31.9 Å². The van der Waals surface area contributed by atoms with Crippen molar-refractivity contribution in [1.29, 1.82) is 0 Å². The van der Waals surface area contributed by atoms with Gasteiger partial charge in [-0.3, -0.25) is 0 Å². The predicted octanol–water partition coefficient (Wildman–Crippen LogP) is 6.15. The Kier molecular flexibility index (Phi) is 6.32. The summed E-state index contributed by atoms with van der Waals surface area (Å²) in [5.41, 5.74) is -0.254. The summed E-state index contributed by atoms with van der Waals surface area (Å²) in [6.07, 6.45) is -2.69. The molecule has 176 valence electrons. The number of aromatic nitrogens is 2. The van der Waals surface area contributed by atoms with Gasteiger partial charge in [-0.05, 0) is 60.7 Å². The molecule has 0 spiro atoms. The van der Waals surface area contributed by atoms with Crippen molar-refractivity contribution in [2.24, 2.45) is 0 Å². The Morgan fingerprint density at radius 2 is 1.71 bits per heavy atom. The van der Waals surface area contributed by atoms with Crippen LogP contribution in [0.25, 0.3) is 11.1 Å². The van der Waals surface area contributed by atoms with Crippen molar-refractivity contribution in [3.05, 3.63) is 88.4 Å². The molecule has 1 aliphatic rings. The van der Waals surface area contributed by atoms with Crippen molar-refractivity contribution in [2.75, 3.05) is 0 Å². The quantitative estimate of drug-likeness (QED) is 0.433. The Bertz CT molecular complexity index is 1270. The zero-order valence-corrected chi connectivity index (χ0v) is 17.5. The van der Waals surface area contributed by atoms with Gasteiger partial charge in [0, 0.05) is 11.8 Å². The molecule has 34 heavy (non-hydrogen) atoms. The molecular weight excluding hydrogens is 459 g/mol. The average Bonchev–Trinajstić information content (AvgIpc) is 3.28. The molecule has 2 aromatic heterocycles. The van der Waals surface area contributed by atoms with Gasteiger partial charge in [-0.15, -0.1) is 0 Å². The Morgan fingerprint density at radius 1 is 1.03 bits per heavy atom. The van der Waals surface area contributed by atoms with E-state index in [0.717, 1.165) is 18.2 Å². The van der Waals surface area contributed by atoms with Gasteiger partial charge < -0.3 is 9.84 Å². The molecule has 0 atom stereocenters. The van der Waals surface area contributed by atoms with Crippen molar-refractivity contribution in [3.63, 3.8) is 0 Å². The van der Waals surface area contributed by atoms with Gasteiger partial charge in [-0.25, -0.2) is 23.5 Å². The molecule has 0 aliphatic heterocycles. The first-order chi connectivity index (χ1) is 16.1. The van der Waals surface area contributed by atoms with E-state index in [2.05, 4.69) is 9.97 Å². The van der Waals surface area contributed by atoms with E-state index in [1.807, 2.05) is 0 Å². The van der Waals surface area contributed by atoms with E-state index in [0.29, 0.717) is 42.3 Å². The van der Waals surface area contributed by atoms with Gasteiger partial charge in [0.1, 0.15) is 23.9 Å². The molecule has 4 rings (SSSR count). The Balaban J connectivity index is 1.80. The minimum Gasteiger partial charge on any atom is -0.477 e. The lowest BCUT2D eigenvalue weighted by Gasteiger charge is -2.16. The second-order valence-electron chi connectivity index (χ2n) is 7.59. The van der Waals surface area contributed by atoms with Gasteiger partial charge in [-0.1, -0.05) is 12.1 Å². The molecule has 0 unspecified atom stereocenters. The number of nitrogens with zero attached hydrogens (tertiary/aromatic N) is 2. The number of carboxylic acids is 1. The number of aromatic carboxylic acids is 1. The van der Waals surface area contributed by atoms with Gasteiger partial charge in [0.2, 0.25) is 5.88 Å². The number of carboxylic acid groups (broad SMARTS) is 1. The summed E-state index contributed by atoms with van der Waals surface area (Å²) >= 11 is 0. The van der Waals surface area contributed by atoms with Crippen LogP contribution in [0.15, 0.2) is 48.7 Å². The van der Waals surface area contributed by atoms with Crippen molar-refractivity contribution in [1.82, 2.24) is 9.97 Å². The highest BCUT2D eigenvalue weighted by atomic mass is 19.4. The molecule has 1 N–H and O–H groups in total. The average molecular weight is 476 g/mol. The summed E-state index contributed by atoms with van der Waals surface area (Å²) in [4.78, 5) is 19.2. The number of hydrogen-bond donors (Lipinski definition) is 1. The van der Waals surface area contributed by atoms with Crippen LogP contribution in [-0.2, 0) is 12.8 Å². The van der Waals surface area contributed by atoms with E-state index in [1.165, 1.54) is 18.2 Å². The number of hydrogen-bond acceptors (Lipinski definition) is 4. The maximum atomic E-state index is 14.0. The lowest BCUT2D eigenvalue weighted by Crippen LogP contribution is -2.09. The number of ether oxygens (including phenoxy) is 1. The third kappa shape index (κ3) is 4.75. The highest BCUT2D eigenvalue weighted by molar-refractivity contribution is 5.94. The Labute approximate surface area is 190 Å². The van der Waals surface area contributed by atoms with Gasteiger partial charge in [0.25, 0.3) is 0 Å². The third-order valence-corrected chi connectivity index (χ3v) is 5.41. The SMILES string of the molecule is O=C(O)c1cccc(C2=C(c3cc(C(F)(F)F)cnc3OCc3c(F)cccc3F)CCC2)n1. The number of rotatable bonds is 6.